The topological polar surface area (TPSA) is 55.2 Å². The van der Waals surface area contributed by atoms with E-state index in [1.54, 1.807) is 19.5 Å². The zero-order valence-electron chi connectivity index (χ0n) is 9.88. The van der Waals surface area contributed by atoms with Crippen molar-refractivity contribution in [3.8, 4) is 5.75 Å². The van der Waals surface area contributed by atoms with Gasteiger partial charge in [-0.3, -0.25) is 0 Å². The van der Waals surface area contributed by atoms with E-state index in [0.29, 0.717) is 12.0 Å². The van der Waals surface area contributed by atoms with Gasteiger partial charge in [0, 0.05) is 28.9 Å². The van der Waals surface area contributed by atoms with Gasteiger partial charge in [-0.1, -0.05) is 15.9 Å². The second kappa shape index (κ2) is 5.93. The fourth-order valence-corrected chi connectivity index (χ4v) is 2.05. The monoisotopic (exact) mass is 308 g/mol. The summed E-state index contributed by atoms with van der Waals surface area (Å²) in [6.07, 6.45) is 4.52. The minimum absolute atomic E-state index is 0.477. The van der Waals surface area contributed by atoms with E-state index in [9.17, 15) is 5.11 Å². The second-order valence-corrected chi connectivity index (χ2v) is 4.70. The van der Waals surface area contributed by atoms with Crippen molar-refractivity contribution in [1.29, 1.82) is 0 Å². The molecule has 1 aromatic heterocycles. The summed E-state index contributed by atoms with van der Waals surface area (Å²) in [5, 5.41) is 10.1. The van der Waals surface area contributed by atoms with E-state index in [0.717, 1.165) is 15.8 Å². The van der Waals surface area contributed by atoms with Gasteiger partial charge < -0.3 is 9.84 Å². The van der Waals surface area contributed by atoms with E-state index in [2.05, 4.69) is 25.9 Å². The molecule has 1 N–H and O–H groups in total. The molecule has 0 saturated carbocycles. The number of hydrogen-bond donors (Lipinski definition) is 1. The van der Waals surface area contributed by atoms with Gasteiger partial charge >= 0.3 is 0 Å². The summed E-state index contributed by atoms with van der Waals surface area (Å²) < 4.78 is 6.11. The predicted molar refractivity (Wildman–Crippen MR) is 71.4 cm³/mol. The first-order chi connectivity index (χ1) is 8.70. The van der Waals surface area contributed by atoms with Gasteiger partial charge in [-0.25, -0.2) is 9.97 Å². The molecule has 1 aromatic carbocycles. The third-order valence-corrected chi connectivity index (χ3v) is 3.41. The van der Waals surface area contributed by atoms with E-state index in [1.807, 2.05) is 18.2 Å². The first-order valence-corrected chi connectivity index (χ1v) is 6.25. The molecule has 0 aliphatic carbocycles. The van der Waals surface area contributed by atoms with Crippen LogP contribution in [0.1, 0.15) is 17.2 Å². The molecule has 2 rings (SSSR count). The van der Waals surface area contributed by atoms with Gasteiger partial charge in [0.25, 0.3) is 0 Å². The molecule has 0 fully saturated rings. The van der Waals surface area contributed by atoms with Crippen LogP contribution in [-0.2, 0) is 6.42 Å². The van der Waals surface area contributed by atoms with Crippen LogP contribution in [0.3, 0.4) is 0 Å². The van der Waals surface area contributed by atoms with Crippen molar-refractivity contribution in [2.45, 2.75) is 12.5 Å². The minimum Gasteiger partial charge on any atom is -0.497 e. The first-order valence-electron chi connectivity index (χ1n) is 5.46. The molecule has 1 unspecified atom stereocenters. The van der Waals surface area contributed by atoms with Crippen molar-refractivity contribution in [3.63, 3.8) is 0 Å². The van der Waals surface area contributed by atoms with E-state index in [1.165, 1.54) is 6.33 Å². The zero-order chi connectivity index (χ0) is 13.0. The molecule has 0 amide bonds. The summed E-state index contributed by atoms with van der Waals surface area (Å²) in [7, 11) is 1.62. The molecule has 5 heteroatoms. The Kier molecular flexibility index (Phi) is 4.28. The molecule has 0 spiro atoms. The highest BCUT2D eigenvalue weighted by atomic mass is 79.9. The lowest BCUT2D eigenvalue weighted by Crippen LogP contribution is -2.03. The van der Waals surface area contributed by atoms with Crippen LogP contribution in [0.2, 0.25) is 0 Å². The third kappa shape index (κ3) is 3.05. The Labute approximate surface area is 114 Å². The molecule has 18 heavy (non-hydrogen) atoms. The van der Waals surface area contributed by atoms with E-state index < -0.39 is 6.10 Å². The number of ether oxygens (including phenoxy) is 1. The Morgan fingerprint density at radius 3 is 2.72 bits per heavy atom. The number of nitrogens with zero attached hydrogens (tertiary/aromatic N) is 2. The number of halogens is 1. The number of rotatable bonds is 4. The van der Waals surface area contributed by atoms with E-state index >= 15 is 0 Å². The average molecular weight is 309 g/mol. The largest absolute Gasteiger partial charge is 0.497 e. The lowest BCUT2D eigenvalue weighted by Gasteiger charge is -2.12. The summed E-state index contributed by atoms with van der Waals surface area (Å²) in [5.41, 5.74) is 1.68. The van der Waals surface area contributed by atoms with Gasteiger partial charge in [0.1, 0.15) is 12.1 Å². The van der Waals surface area contributed by atoms with Crippen molar-refractivity contribution in [3.05, 3.63) is 52.5 Å². The molecule has 4 nitrogen and oxygen atoms in total. The van der Waals surface area contributed by atoms with Gasteiger partial charge in [-0.2, -0.15) is 0 Å². The highest BCUT2D eigenvalue weighted by molar-refractivity contribution is 9.10. The Morgan fingerprint density at radius 1 is 1.33 bits per heavy atom. The van der Waals surface area contributed by atoms with Crippen molar-refractivity contribution < 1.29 is 9.84 Å². The van der Waals surface area contributed by atoms with Crippen molar-refractivity contribution >= 4 is 15.9 Å². The number of aromatic nitrogens is 2. The fourth-order valence-electron chi connectivity index (χ4n) is 1.64. The predicted octanol–water partition coefficient (Wildman–Crippen LogP) is 2.52. The zero-order valence-corrected chi connectivity index (χ0v) is 11.5. The summed E-state index contributed by atoms with van der Waals surface area (Å²) >= 11 is 3.46. The fraction of sp³-hybridized carbons (Fsp3) is 0.231. The van der Waals surface area contributed by atoms with Crippen LogP contribution in [0.5, 0.6) is 5.75 Å². The highest BCUT2D eigenvalue weighted by Gasteiger charge is 2.12. The number of hydrogen-bond acceptors (Lipinski definition) is 4. The summed E-state index contributed by atoms with van der Waals surface area (Å²) in [4.78, 5) is 7.79. The van der Waals surface area contributed by atoms with Gasteiger partial charge in [-0.15, -0.1) is 0 Å². The van der Waals surface area contributed by atoms with Crippen LogP contribution in [0.25, 0.3) is 0 Å². The molecular weight excluding hydrogens is 296 g/mol. The van der Waals surface area contributed by atoms with Crippen molar-refractivity contribution in [2.75, 3.05) is 7.11 Å². The molecule has 1 atom stereocenters. The van der Waals surface area contributed by atoms with Crippen LogP contribution in [0, 0.1) is 0 Å². The summed E-state index contributed by atoms with van der Waals surface area (Å²) in [6.45, 7) is 0. The third-order valence-electron chi connectivity index (χ3n) is 2.63. The van der Waals surface area contributed by atoms with Crippen LogP contribution in [0.4, 0.5) is 0 Å². The van der Waals surface area contributed by atoms with Gasteiger partial charge in [-0.05, 0) is 23.8 Å². The van der Waals surface area contributed by atoms with Crippen LogP contribution in [0.15, 0.2) is 41.4 Å². The average Bonchev–Trinajstić information content (AvgIpc) is 2.42. The van der Waals surface area contributed by atoms with Gasteiger partial charge in [0.2, 0.25) is 0 Å². The first kappa shape index (κ1) is 13.0. The van der Waals surface area contributed by atoms with Gasteiger partial charge in [0.15, 0.2) is 0 Å². The standard InChI is InChI=1S/C13H13BrN2O2/c1-18-11-2-3-12(14)9(4-11)5-13(17)10-6-15-8-16-7-10/h2-4,6-8,13,17H,5H2,1H3. The maximum absolute atomic E-state index is 10.1. The molecule has 0 aliphatic rings. The number of aliphatic hydroxyl groups is 1. The summed E-state index contributed by atoms with van der Waals surface area (Å²) in [6, 6.07) is 5.67. The summed E-state index contributed by atoms with van der Waals surface area (Å²) in [5.74, 6) is 0.768. The smallest absolute Gasteiger partial charge is 0.119 e. The molecule has 0 aliphatic heterocycles. The Balaban J connectivity index is 2.18. The molecule has 0 saturated heterocycles. The van der Waals surface area contributed by atoms with E-state index in [-0.39, 0.29) is 0 Å². The lowest BCUT2D eigenvalue weighted by molar-refractivity contribution is 0.177. The van der Waals surface area contributed by atoms with Crippen LogP contribution >= 0.6 is 15.9 Å². The normalized spacial score (nSPS) is 12.2. The minimum atomic E-state index is -0.630. The number of methoxy groups -OCH3 is 1. The maximum Gasteiger partial charge on any atom is 0.119 e. The lowest BCUT2D eigenvalue weighted by atomic mass is 10.0. The van der Waals surface area contributed by atoms with Gasteiger partial charge in [0.05, 0.1) is 13.2 Å². The second-order valence-electron chi connectivity index (χ2n) is 3.85. The maximum atomic E-state index is 10.1. The molecule has 0 bridgehead atoms. The molecule has 94 valence electrons. The molecular formula is C13H13BrN2O2. The van der Waals surface area contributed by atoms with Crippen LogP contribution in [-0.4, -0.2) is 22.2 Å². The Hall–Kier alpha value is -1.46. The molecule has 0 radical (unpaired) electrons. The molecule has 1 heterocycles. The van der Waals surface area contributed by atoms with Crippen molar-refractivity contribution in [2.24, 2.45) is 0 Å². The number of aliphatic hydroxyl groups excluding tert-OH is 1. The molecule has 2 aromatic rings. The number of benzene rings is 1. The highest BCUT2D eigenvalue weighted by Crippen LogP contribution is 2.26. The van der Waals surface area contributed by atoms with Crippen LogP contribution < -0.4 is 4.74 Å². The van der Waals surface area contributed by atoms with E-state index in [4.69, 9.17) is 4.74 Å². The van der Waals surface area contributed by atoms with Crippen molar-refractivity contribution in [1.82, 2.24) is 9.97 Å². The SMILES string of the molecule is COc1ccc(Br)c(CC(O)c2cncnc2)c1. The quantitative estimate of drug-likeness (QED) is 0.943. The Morgan fingerprint density at radius 2 is 2.06 bits per heavy atom. The Bertz CT molecular complexity index is 520.